The van der Waals surface area contributed by atoms with E-state index in [-0.39, 0.29) is 120 Å². The van der Waals surface area contributed by atoms with Crippen molar-refractivity contribution in [3.05, 3.63) is 236 Å². The van der Waals surface area contributed by atoms with Crippen molar-refractivity contribution in [2.24, 2.45) is 9.54 Å². The maximum absolute atomic E-state index is 14.2. The normalized spacial score (nSPS) is 12.2. The second-order valence-electron chi connectivity index (χ2n) is 31.2. The summed E-state index contributed by atoms with van der Waals surface area (Å²) in [6, 6.07) is 22.1. The molecule has 0 aliphatic carbocycles. The van der Waals surface area contributed by atoms with Crippen LogP contribution in [-0.4, -0.2) is 195 Å². The molecule has 1 aliphatic rings. The van der Waals surface area contributed by atoms with Crippen molar-refractivity contribution in [3.63, 3.8) is 0 Å². The van der Waals surface area contributed by atoms with E-state index in [1.54, 1.807) is 104 Å². The number of amides is 1. The van der Waals surface area contributed by atoms with E-state index in [4.69, 9.17) is 54.1 Å². The van der Waals surface area contributed by atoms with Gasteiger partial charge in [0.1, 0.15) is 57.3 Å². The van der Waals surface area contributed by atoms with Crippen LogP contribution in [0.4, 0.5) is 105 Å². The quantitative estimate of drug-likeness (QED) is 0.00956. The van der Waals surface area contributed by atoms with E-state index in [1.807, 2.05) is 20.8 Å². The molecule has 0 radical (unpaired) electrons. The Morgan fingerprint density at radius 3 is 0.889 bits per heavy atom. The smallest absolute Gasteiger partial charge is 0.461 e. The van der Waals surface area contributed by atoms with Gasteiger partial charge in [0.2, 0.25) is 0 Å². The first-order valence-electron chi connectivity index (χ1n) is 42.2. The third-order valence-electron chi connectivity index (χ3n) is 15.2. The van der Waals surface area contributed by atoms with Gasteiger partial charge in [-0.1, -0.05) is 15.9 Å². The van der Waals surface area contributed by atoms with E-state index in [0.717, 1.165) is 85.0 Å². The molecule has 0 aromatic heterocycles. The van der Waals surface area contributed by atoms with Crippen molar-refractivity contribution in [2.75, 3.05) is 53.8 Å². The van der Waals surface area contributed by atoms with Gasteiger partial charge in [-0.05, 0) is 259 Å². The molecule has 1 saturated heterocycles. The summed E-state index contributed by atoms with van der Waals surface area (Å²) in [6.45, 7) is 33.5. The molecule has 6 N–H and O–H groups in total. The van der Waals surface area contributed by atoms with Gasteiger partial charge in [-0.2, -0.15) is 74.6 Å². The van der Waals surface area contributed by atoms with Gasteiger partial charge in [0.25, 0.3) is 5.91 Å². The SMILES string of the molecule is C1CCOC1.CC(C)(C)[S@](N)=O.CC(C)Oc1cc(C(=N[S@](=O)C(C)(C)C)c2cc(F)cc(OC(F)(F)C(F)F)c2)ccc1F.CC(C)Oc1cc(C(=O)c2cc(F)cc(OC(F)(F)C(F)F)c2)ccc1F.CC(C)Oc1cc(C(=O)c2cc(F)cc(OC(F)(F)C(F)F)c2)ccc1F.CCO.CCO.CCO.CCO.CON(C)C(=O)c1ccc(F)c(OC(C)C)c1.Fc1cc(Br)cc(OC(F)(F)C(F)F)c1.[Ti]. The van der Waals surface area contributed by atoms with Crippen molar-refractivity contribution in [3.8, 4) is 46.0 Å². The molecule has 1 fully saturated rings. The Bertz CT molecular complexity index is 5090. The summed E-state index contributed by atoms with van der Waals surface area (Å²) in [4.78, 5) is 41.4. The van der Waals surface area contributed by atoms with Gasteiger partial charge in [0.15, 0.2) is 57.8 Å². The molecule has 0 saturated carbocycles. The van der Waals surface area contributed by atoms with Crippen molar-refractivity contribution in [1.82, 2.24) is 5.06 Å². The molecule has 8 aromatic rings. The van der Waals surface area contributed by atoms with Crippen LogP contribution in [0, 0.1) is 46.5 Å². The Morgan fingerprint density at radius 1 is 0.403 bits per heavy atom. The van der Waals surface area contributed by atoms with Gasteiger partial charge < -0.3 is 63.1 Å². The molecule has 8 aromatic carbocycles. The Hall–Kier alpha value is -9.83. The Balaban J connectivity index is -0.00000165. The first-order chi connectivity index (χ1) is 65.9. The number of hydrogen-bond acceptors (Lipinski definition) is 19. The number of hydroxylamine groups is 2. The molecule has 1 aliphatic heterocycles. The number of aliphatic hydroxyl groups excluding tert-OH is 4. The van der Waals surface area contributed by atoms with E-state index in [1.165, 1.54) is 57.3 Å². The number of nitrogens with zero attached hydrogens (tertiary/aromatic N) is 2. The largest absolute Gasteiger partial charge is 0.488 e. The molecule has 0 unspecified atom stereocenters. The number of nitrogens with two attached hydrogens (primary N) is 1. The molecule has 144 heavy (non-hydrogen) atoms. The molecule has 1 heterocycles. The summed E-state index contributed by atoms with van der Waals surface area (Å²) in [5, 5.41) is 36.4. The van der Waals surface area contributed by atoms with Crippen LogP contribution in [0.15, 0.2) is 154 Å². The van der Waals surface area contributed by atoms with Crippen LogP contribution >= 0.6 is 15.9 Å². The van der Waals surface area contributed by atoms with Crippen molar-refractivity contribution >= 4 is 61.1 Å². The Labute approximate surface area is 845 Å². The van der Waals surface area contributed by atoms with Crippen LogP contribution < -0.4 is 43.0 Å². The number of carbonyl (C=O) groups is 3. The fourth-order valence-electron chi connectivity index (χ4n) is 9.21. The van der Waals surface area contributed by atoms with E-state index in [2.05, 4.69) is 39.3 Å². The monoisotopic (exact) mass is 2240 g/mol. The van der Waals surface area contributed by atoms with Gasteiger partial charge in [0.05, 0.1) is 57.7 Å². The Morgan fingerprint density at radius 2 is 0.646 bits per heavy atom. The number of carbonyl (C=O) groups excluding carboxylic acids is 3. The van der Waals surface area contributed by atoms with Crippen LogP contribution in [0.2, 0.25) is 0 Å². The maximum Gasteiger partial charge on any atom is 0.461 e. The van der Waals surface area contributed by atoms with Crippen LogP contribution in [0.5, 0.6) is 46.0 Å². The molecule has 2 atom stereocenters. The number of hydrogen-bond donors (Lipinski definition) is 5. The zero-order valence-corrected chi connectivity index (χ0v) is 86.1. The average molecular weight is 2240 g/mol. The zero-order valence-electron chi connectivity index (χ0n) is 81.3. The van der Waals surface area contributed by atoms with E-state index >= 15 is 0 Å². The number of aliphatic hydroxyl groups is 4. The molecule has 0 spiro atoms. The zero-order chi connectivity index (χ0) is 111. The summed E-state index contributed by atoms with van der Waals surface area (Å²) < 4.78 is 378. The van der Waals surface area contributed by atoms with Crippen LogP contribution in [0.25, 0.3) is 0 Å². The minimum absolute atomic E-state index is 0. The minimum atomic E-state index is -4.87. The van der Waals surface area contributed by atoms with Gasteiger partial charge in [-0.15, -0.1) is 0 Å². The average Bonchev–Trinajstić information content (AvgIpc) is 0.818. The molecule has 22 nitrogen and oxygen atoms in total. The molecule has 50 heteroatoms. The van der Waals surface area contributed by atoms with Crippen LogP contribution in [-0.2, 0) is 53.3 Å². The fraction of sp³-hybridized carbons (Fsp3) is 0.447. The number of halogens is 25. The summed E-state index contributed by atoms with van der Waals surface area (Å²) in [5.41, 5.74) is -1.06. The number of alkyl halides is 16. The standard InChI is InChI=1S/C22H23F6NO3S.2C18H14F6O3.C12H16FNO3.C8H4BrF5O.C4H11NOS.C4H8O.4C2H6O.Ti/c1-12(2)31-18-10-13(6-7-17(18)24)19(29-33(30)21(3,4)5)14-8-15(23)11-16(9-14)32-22(27,28)20(25)26;2*1-9(2)26-15-7-10(3-4-14(15)20)16(25)11-5-12(19)8-13(6-11)27-18(23,24)17(21)22;1-8(2)17-11-7-9(5-6-10(11)13)12(15)14(3)16-4;9-4-1-5(10)3-6(2-4)15-8(13,14)7(11)12;1-4(2,3)7(5)6;1-2-4-5-3-1;4*1-2-3;/h6-12,20H,1-5H3;2*3-9,17H,1-2H3;5-8H,1-4H3;1-3,7H;5H2,1-3H3;1-4H2;4*3H,2H2,1H3;/t33-;;;;;7-;;;;;;/m1....1....../s1. The first-order valence-corrected chi connectivity index (χ1v) is 45.3. The molecule has 810 valence electrons. The van der Waals surface area contributed by atoms with Crippen LogP contribution in [0.1, 0.15) is 191 Å². The molecule has 0 bridgehead atoms. The fourth-order valence-corrected chi connectivity index (χ4v) is 10.3. The number of ketones is 2. The summed E-state index contributed by atoms with van der Waals surface area (Å²) in [6.07, 6.45) is -34.4. The molecular weight excluding hydrogens is 2120 g/mol. The Kier molecular flexibility index (Phi) is 64.5. The second-order valence-corrected chi connectivity index (χ2v) is 35.8. The molecular formula is C94H114BrF24N3O19S2Ti. The predicted molar refractivity (Wildman–Crippen MR) is 491 cm³/mol. The van der Waals surface area contributed by atoms with Gasteiger partial charge in [0, 0.05) is 136 Å². The van der Waals surface area contributed by atoms with Gasteiger partial charge >= 0.3 is 50.1 Å². The topological polar surface area (TPSA) is 300 Å². The maximum atomic E-state index is 14.2. The van der Waals surface area contributed by atoms with E-state index < -0.39 is 187 Å². The number of benzene rings is 8. The van der Waals surface area contributed by atoms with E-state index in [9.17, 15) is 128 Å². The van der Waals surface area contributed by atoms with Crippen molar-refractivity contribution in [2.45, 2.75) is 222 Å². The van der Waals surface area contributed by atoms with Crippen molar-refractivity contribution in [1.29, 1.82) is 0 Å². The molecule has 1 amide bonds. The van der Waals surface area contributed by atoms with E-state index in [0.29, 0.717) is 54.1 Å². The van der Waals surface area contributed by atoms with Gasteiger partial charge in [-0.25, -0.2) is 48.6 Å². The first kappa shape index (κ1) is 138. The minimum Gasteiger partial charge on any atom is -0.488 e. The second kappa shape index (κ2) is 67.1. The van der Waals surface area contributed by atoms with Crippen molar-refractivity contribution < 1.29 is 218 Å². The third-order valence-corrected chi connectivity index (χ3v) is 18.2. The summed E-state index contributed by atoms with van der Waals surface area (Å²) in [7, 11) is -0.229. The number of rotatable bonds is 29. The summed E-state index contributed by atoms with van der Waals surface area (Å²) in [5.74, 6) is -13.1. The number of ether oxygens (including phenoxy) is 9. The predicted octanol–water partition coefficient (Wildman–Crippen LogP) is 24.0. The third kappa shape index (κ3) is 54.0. The van der Waals surface area contributed by atoms with Crippen LogP contribution in [0.3, 0.4) is 0 Å². The molecule has 9 rings (SSSR count). The van der Waals surface area contributed by atoms with Gasteiger partial charge in [-0.3, -0.25) is 24.4 Å². The summed E-state index contributed by atoms with van der Waals surface area (Å²) >= 11 is 2.81.